The van der Waals surface area contributed by atoms with E-state index in [2.05, 4.69) is 38.3 Å². The molecule has 0 bridgehead atoms. The lowest BCUT2D eigenvalue weighted by Gasteiger charge is -2.23. The number of para-hydroxylation sites is 1. The number of rotatable bonds is 11. The zero-order valence-electron chi connectivity index (χ0n) is 23.5. The number of aromatic nitrogens is 2. The number of carbonyl (C=O) groups is 2. The summed E-state index contributed by atoms with van der Waals surface area (Å²) >= 11 is 0. The van der Waals surface area contributed by atoms with Gasteiger partial charge in [-0.25, -0.2) is 9.48 Å². The van der Waals surface area contributed by atoms with Crippen LogP contribution >= 0.6 is 0 Å². The van der Waals surface area contributed by atoms with E-state index in [1.54, 1.807) is 21.7 Å². The molecule has 0 saturated carbocycles. The Morgan fingerprint density at radius 3 is 2.34 bits per heavy atom. The van der Waals surface area contributed by atoms with E-state index in [9.17, 15) is 9.59 Å². The lowest BCUT2D eigenvalue weighted by Crippen LogP contribution is -2.41. The van der Waals surface area contributed by atoms with Crippen molar-refractivity contribution < 1.29 is 14.3 Å². The molecule has 8 nitrogen and oxygen atoms in total. The summed E-state index contributed by atoms with van der Waals surface area (Å²) in [6.07, 6.45) is 2.81. The number of hydrogen-bond acceptors (Lipinski definition) is 4. The van der Waals surface area contributed by atoms with Crippen molar-refractivity contribution in [1.29, 1.82) is 0 Å². The maximum absolute atomic E-state index is 13.3. The Bertz CT molecular complexity index is 1210. The Morgan fingerprint density at radius 2 is 1.71 bits per heavy atom. The highest BCUT2D eigenvalue weighted by atomic mass is 16.5. The average molecular weight is 520 g/mol. The Kier molecular flexibility index (Phi) is 9.93. The number of anilines is 2. The predicted molar refractivity (Wildman–Crippen MR) is 153 cm³/mol. The molecule has 0 aliphatic heterocycles. The fraction of sp³-hybridized carbons (Fsp3) is 0.433. The summed E-state index contributed by atoms with van der Waals surface area (Å²) in [7, 11) is 0. The van der Waals surface area contributed by atoms with Crippen LogP contribution in [0.25, 0.3) is 5.69 Å². The molecule has 3 aromatic rings. The summed E-state index contributed by atoms with van der Waals surface area (Å²) in [6, 6.07) is 16.7. The van der Waals surface area contributed by atoms with Crippen LogP contribution in [0.5, 0.6) is 5.75 Å². The number of unbranched alkanes of at least 4 members (excludes halogenated alkanes) is 2. The van der Waals surface area contributed by atoms with Gasteiger partial charge in [0.2, 0.25) is 5.91 Å². The van der Waals surface area contributed by atoms with Gasteiger partial charge in [-0.1, -0.05) is 58.7 Å². The standard InChI is InChI=1S/C30H41N5O3/c1-7-9-12-19-34(29(37)31-23-15-17-24(18-16-23)38-8-2)21-28(36)32-27-20-26(30(4,5)6)33-35(27)25-14-11-10-13-22(25)3/h10-11,13-18,20H,7-9,12,19,21H2,1-6H3,(H,31,37)(H,32,36). The Hall–Kier alpha value is -3.81. The number of nitrogens with zero attached hydrogens (tertiary/aromatic N) is 3. The molecule has 0 spiro atoms. The van der Waals surface area contributed by atoms with Crippen molar-refractivity contribution >= 4 is 23.4 Å². The summed E-state index contributed by atoms with van der Waals surface area (Å²) in [5, 5.41) is 10.7. The minimum absolute atomic E-state index is 0.0730. The van der Waals surface area contributed by atoms with Gasteiger partial charge in [-0.15, -0.1) is 0 Å². The Balaban J connectivity index is 1.78. The first-order valence-corrected chi connectivity index (χ1v) is 13.4. The fourth-order valence-corrected chi connectivity index (χ4v) is 3.99. The Labute approximate surface area is 226 Å². The van der Waals surface area contributed by atoms with E-state index in [1.807, 2.05) is 56.3 Å². The van der Waals surface area contributed by atoms with Crippen molar-refractivity contribution in [2.75, 3.05) is 30.3 Å². The molecule has 3 rings (SSSR count). The van der Waals surface area contributed by atoms with Crippen LogP contribution in [0.15, 0.2) is 54.6 Å². The highest BCUT2D eigenvalue weighted by Gasteiger charge is 2.23. The van der Waals surface area contributed by atoms with Crippen LogP contribution < -0.4 is 15.4 Å². The zero-order chi connectivity index (χ0) is 27.7. The molecule has 2 aromatic carbocycles. The molecule has 0 atom stereocenters. The van der Waals surface area contributed by atoms with E-state index in [-0.39, 0.29) is 23.9 Å². The summed E-state index contributed by atoms with van der Waals surface area (Å²) in [6.45, 7) is 13.3. The third kappa shape index (κ3) is 7.84. The summed E-state index contributed by atoms with van der Waals surface area (Å²) in [4.78, 5) is 28.0. The van der Waals surface area contributed by atoms with Crippen molar-refractivity contribution in [1.82, 2.24) is 14.7 Å². The molecule has 3 amide bonds. The van der Waals surface area contributed by atoms with Gasteiger partial charge in [-0.3, -0.25) is 4.79 Å². The molecule has 38 heavy (non-hydrogen) atoms. The molecule has 1 aromatic heterocycles. The third-order valence-corrected chi connectivity index (χ3v) is 6.16. The normalized spacial score (nSPS) is 11.2. The molecule has 0 radical (unpaired) electrons. The number of ether oxygens (including phenoxy) is 1. The van der Waals surface area contributed by atoms with Crippen LogP contribution in [-0.4, -0.2) is 46.3 Å². The van der Waals surface area contributed by atoms with Gasteiger partial charge in [-0.05, 0) is 56.2 Å². The van der Waals surface area contributed by atoms with E-state index >= 15 is 0 Å². The van der Waals surface area contributed by atoms with Crippen LogP contribution in [-0.2, 0) is 10.2 Å². The van der Waals surface area contributed by atoms with Gasteiger partial charge in [-0.2, -0.15) is 5.10 Å². The van der Waals surface area contributed by atoms with Crippen molar-refractivity contribution in [3.05, 3.63) is 65.9 Å². The number of aryl methyl sites for hydroxylation is 1. The number of urea groups is 1. The molecule has 204 valence electrons. The monoisotopic (exact) mass is 519 g/mol. The minimum atomic E-state index is -0.316. The van der Waals surface area contributed by atoms with Gasteiger partial charge in [0.25, 0.3) is 0 Å². The third-order valence-electron chi connectivity index (χ3n) is 6.16. The number of benzene rings is 2. The molecule has 8 heteroatoms. The molecule has 0 saturated heterocycles. The predicted octanol–water partition coefficient (Wildman–Crippen LogP) is 6.54. The molecular weight excluding hydrogens is 478 g/mol. The topological polar surface area (TPSA) is 88.5 Å². The second-order valence-electron chi connectivity index (χ2n) is 10.4. The lowest BCUT2D eigenvalue weighted by molar-refractivity contribution is -0.116. The first kappa shape index (κ1) is 28.8. The minimum Gasteiger partial charge on any atom is -0.494 e. The van der Waals surface area contributed by atoms with Crippen molar-refractivity contribution in [3.63, 3.8) is 0 Å². The summed E-state index contributed by atoms with van der Waals surface area (Å²) < 4.78 is 7.25. The molecular formula is C30H41N5O3. The first-order valence-electron chi connectivity index (χ1n) is 13.4. The van der Waals surface area contributed by atoms with E-state index in [0.29, 0.717) is 24.7 Å². The largest absolute Gasteiger partial charge is 0.494 e. The Morgan fingerprint density at radius 1 is 1.00 bits per heavy atom. The average Bonchev–Trinajstić information content (AvgIpc) is 3.29. The van der Waals surface area contributed by atoms with Gasteiger partial charge in [0.05, 0.1) is 18.0 Å². The maximum atomic E-state index is 13.3. The second-order valence-corrected chi connectivity index (χ2v) is 10.4. The van der Waals surface area contributed by atoms with Crippen molar-refractivity contribution in [3.8, 4) is 11.4 Å². The van der Waals surface area contributed by atoms with E-state index in [0.717, 1.165) is 42.0 Å². The molecule has 1 heterocycles. The summed E-state index contributed by atoms with van der Waals surface area (Å²) in [5.74, 6) is 1.04. The molecule has 0 aliphatic carbocycles. The van der Waals surface area contributed by atoms with Crippen LogP contribution in [0.2, 0.25) is 0 Å². The van der Waals surface area contributed by atoms with Crippen LogP contribution in [0, 0.1) is 6.92 Å². The van der Waals surface area contributed by atoms with Crippen LogP contribution in [0.1, 0.15) is 65.1 Å². The first-order chi connectivity index (χ1) is 18.1. The quantitative estimate of drug-likeness (QED) is 0.282. The summed E-state index contributed by atoms with van der Waals surface area (Å²) in [5.41, 5.74) is 3.25. The van der Waals surface area contributed by atoms with E-state index in [1.165, 1.54) is 0 Å². The number of amides is 3. The van der Waals surface area contributed by atoms with Gasteiger partial charge >= 0.3 is 6.03 Å². The van der Waals surface area contributed by atoms with Gasteiger partial charge < -0.3 is 20.3 Å². The zero-order valence-corrected chi connectivity index (χ0v) is 23.5. The SMILES string of the molecule is CCCCCN(CC(=O)Nc1cc(C(C)(C)C)nn1-c1ccccc1C)C(=O)Nc1ccc(OCC)cc1. The molecule has 0 unspecified atom stereocenters. The molecule has 0 aliphatic rings. The molecule has 0 fully saturated rings. The van der Waals surface area contributed by atoms with Crippen LogP contribution in [0.3, 0.4) is 0 Å². The van der Waals surface area contributed by atoms with E-state index in [4.69, 9.17) is 9.84 Å². The van der Waals surface area contributed by atoms with E-state index < -0.39 is 0 Å². The smallest absolute Gasteiger partial charge is 0.322 e. The van der Waals surface area contributed by atoms with Gasteiger partial charge in [0.1, 0.15) is 18.1 Å². The van der Waals surface area contributed by atoms with Gasteiger partial charge in [0, 0.05) is 23.7 Å². The molecule has 2 N–H and O–H groups in total. The second kappa shape index (κ2) is 13.1. The number of nitrogens with one attached hydrogen (secondary N) is 2. The van der Waals surface area contributed by atoms with Crippen molar-refractivity contribution in [2.45, 2.75) is 66.2 Å². The fourth-order valence-electron chi connectivity index (χ4n) is 3.99. The van der Waals surface area contributed by atoms with Crippen LogP contribution in [0.4, 0.5) is 16.3 Å². The maximum Gasteiger partial charge on any atom is 0.322 e. The van der Waals surface area contributed by atoms with Gasteiger partial charge in [0.15, 0.2) is 0 Å². The number of carbonyl (C=O) groups excluding carboxylic acids is 2. The highest BCUT2D eigenvalue weighted by molar-refractivity contribution is 5.96. The lowest BCUT2D eigenvalue weighted by atomic mass is 9.92. The van der Waals surface area contributed by atoms with Crippen molar-refractivity contribution in [2.24, 2.45) is 0 Å². The number of hydrogen-bond donors (Lipinski definition) is 2. The highest BCUT2D eigenvalue weighted by Crippen LogP contribution is 2.27.